The number of amides is 2. The van der Waals surface area contributed by atoms with Crippen molar-refractivity contribution < 1.29 is 18.8 Å². The van der Waals surface area contributed by atoms with Gasteiger partial charge in [0.25, 0.3) is 0 Å². The number of carbonyl (C=O) groups excluding carboxylic acids is 3. The summed E-state index contributed by atoms with van der Waals surface area (Å²) in [5, 5.41) is 5.46. The molecule has 0 heterocycles. The maximum absolute atomic E-state index is 12.9. The minimum absolute atomic E-state index is 0.00512. The van der Waals surface area contributed by atoms with Crippen LogP contribution in [0.15, 0.2) is 24.3 Å². The van der Waals surface area contributed by atoms with E-state index in [0.29, 0.717) is 13.1 Å². The Kier molecular flexibility index (Phi) is 8.92. The first kappa shape index (κ1) is 21.8. The van der Waals surface area contributed by atoms with Crippen LogP contribution in [0, 0.1) is 11.7 Å². The molecule has 26 heavy (non-hydrogen) atoms. The monoisotopic (exact) mass is 365 g/mol. The summed E-state index contributed by atoms with van der Waals surface area (Å²) in [5.41, 5.74) is 0.793. The topological polar surface area (TPSA) is 78.5 Å². The van der Waals surface area contributed by atoms with Crippen LogP contribution >= 0.6 is 0 Å². The molecule has 0 aliphatic carbocycles. The van der Waals surface area contributed by atoms with Crippen LogP contribution in [0.2, 0.25) is 0 Å². The van der Waals surface area contributed by atoms with Gasteiger partial charge in [0.15, 0.2) is 5.78 Å². The Labute approximate surface area is 154 Å². The molecule has 1 atom stereocenters. The molecule has 2 N–H and O–H groups in total. The standard InChI is InChI=1S/C19H28FN3O3/c1-5-23(12-18(26)22-19(13(2)3)14(4)24)11-17(25)21-10-15-6-8-16(20)9-7-15/h6-9,13,19H,5,10-12H2,1-4H3,(H,21,25)(H,22,26)/t19-/m0/s1. The number of halogens is 1. The Morgan fingerprint density at radius 3 is 2.15 bits per heavy atom. The van der Waals surface area contributed by atoms with Gasteiger partial charge in [-0.05, 0) is 37.1 Å². The number of nitrogens with zero attached hydrogens (tertiary/aromatic N) is 1. The van der Waals surface area contributed by atoms with Crippen molar-refractivity contribution >= 4 is 17.6 Å². The van der Waals surface area contributed by atoms with Crippen LogP contribution < -0.4 is 10.6 Å². The highest BCUT2D eigenvalue weighted by atomic mass is 19.1. The van der Waals surface area contributed by atoms with E-state index in [2.05, 4.69) is 10.6 Å². The predicted molar refractivity (Wildman–Crippen MR) is 97.8 cm³/mol. The molecular weight excluding hydrogens is 337 g/mol. The van der Waals surface area contributed by atoms with E-state index in [9.17, 15) is 18.8 Å². The second-order valence-corrected chi connectivity index (χ2v) is 6.61. The van der Waals surface area contributed by atoms with Gasteiger partial charge in [0.1, 0.15) is 5.82 Å². The number of Topliss-reactive ketones (excluding diaryl/α,β-unsaturated/α-hetero) is 1. The molecule has 0 radical (unpaired) electrons. The molecule has 0 aliphatic rings. The molecule has 0 unspecified atom stereocenters. The zero-order valence-electron chi connectivity index (χ0n) is 15.8. The molecule has 0 spiro atoms. The maximum Gasteiger partial charge on any atom is 0.234 e. The molecule has 0 fully saturated rings. The van der Waals surface area contributed by atoms with E-state index in [4.69, 9.17) is 0 Å². The molecule has 2 amide bonds. The fourth-order valence-corrected chi connectivity index (χ4v) is 2.50. The van der Waals surface area contributed by atoms with Crippen molar-refractivity contribution in [2.24, 2.45) is 5.92 Å². The quantitative estimate of drug-likeness (QED) is 0.659. The number of hydrogen-bond donors (Lipinski definition) is 2. The lowest BCUT2D eigenvalue weighted by molar-refractivity contribution is -0.129. The Bertz CT molecular complexity index is 617. The Balaban J connectivity index is 2.47. The van der Waals surface area contributed by atoms with Crippen LogP contribution in [0.5, 0.6) is 0 Å². The molecule has 1 aromatic rings. The van der Waals surface area contributed by atoms with Crippen LogP contribution in [-0.2, 0) is 20.9 Å². The molecule has 0 aromatic heterocycles. The SMILES string of the molecule is CCN(CC(=O)NCc1ccc(F)cc1)CC(=O)N[C@H](C(C)=O)C(C)C. The molecule has 0 saturated carbocycles. The third-order valence-corrected chi connectivity index (χ3v) is 4.01. The van der Waals surface area contributed by atoms with Crippen LogP contribution in [-0.4, -0.2) is 48.2 Å². The third kappa shape index (κ3) is 7.74. The van der Waals surface area contributed by atoms with Crippen molar-refractivity contribution in [1.82, 2.24) is 15.5 Å². The van der Waals surface area contributed by atoms with E-state index < -0.39 is 6.04 Å². The van der Waals surface area contributed by atoms with Crippen molar-refractivity contribution in [1.29, 1.82) is 0 Å². The number of hydrogen-bond acceptors (Lipinski definition) is 4. The maximum atomic E-state index is 12.9. The number of benzene rings is 1. The summed E-state index contributed by atoms with van der Waals surface area (Å²) in [7, 11) is 0. The Hall–Kier alpha value is -2.28. The zero-order chi connectivity index (χ0) is 19.7. The van der Waals surface area contributed by atoms with Gasteiger partial charge < -0.3 is 10.6 Å². The summed E-state index contributed by atoms with van der Waals surface area (Å²) in [5.74, 6) is -0.921. The van der Waals surface area contributed by atoms with Gasteiger partial charge in [0.05, 0.1) is 19.1 Å². The molecule has 7 heteroatoms. The molecule has 0 aliphatic heterocycles. The van der Waals surface area contributed by atoms with Crippen molar-refractivity contribution in [3.63, 3.8) is 0 Å². The van der Waals surface area contributed by atoms with Gasteiger partial charge in [0.2, 0.25) is 11.8 Å². The molecule has 0 bridgehead atoms. The number of likely N-dealkylation sites (N-methyl/N-ethyl adjacent to an activating group) is 1. The highest BCUT2D eigenvalue weighted by molar-refractivity contribution is 5.88. The smallest absolute Gasteiger partial charge is 0.234 e. The van der Waals surface area contributed by atoms with Crippen molar-refractivity contribution in [2.45, 2.75) is 40.3 Å². The second-order valence-electron chi connectivity index (χ2n) is 6.61. The van der Waals surface area contributed by atoms with Crippen molar-refractivity contribution in [3.8, 4) is 0 Å². The molecule has 6 nitrogen and oxygen atoms in total. The minimum Gasteiger partial charge on any atom is -0.351 e. The van der Waals surface area contributed by atoms with E-state index in [1.165, 1.54) is 19.1 Å². The Morgan fingerprint density at radius 2 is 1.65 bits per heavy atom. The van der Waals surface area contributed by atoms with Crippen LogP contribution in [0.25, 0.3) is 0 Å². The summed E-state index contributed by atoms with van der Waals surface area (Å²) in [6.45, 7) is 7.96. The number of rotatable bonds is 10. The van der Waals surface area contributed by atoms with Gasteiger partial charge in [-0.3, -0.25) is 19.3 Å². The lowest BCUT2D eigenvalue weighted by atomic mass is 10.0. The van der Waals surface area contributed by atoms with E-state index >= 15 is 0 Å². The van der Waals surface area contributed by atoms with Gasteiger partial charge >= 0.3 is 0 Å². The van der Waals surface area contributed by atoms with Crippen LogP contribution in [0.1, 0.15) is 33.3 Å². The predicted octanol–water partition coefficient (Wildman–Crippen LogP) is 1.49. The first-order valence-electron chi connectivity index (χ1n) is 8.76. The highest BCUT2D eigenvalue weighted by Crippen LogP contribution is 2.03. The van der Waals surface area contributed by atoms with E-state index in [0.717, 1.165) is 5.56 Å². The zero-order valence-corrected chi connectivity index (χ0v) is 15.8. The summed E-state index contributed by atoms with van der Waals surface area (Å²) in [6.07, 6.45) is 0. The molecule has 144 valence electrons. The minimum atomic E-state index is -0.520. The fourth-order valence-electron chi connectivity index (χ4n) is 2.50. The Morgan fingerprint density at radius 1 is 1.08 bits per heavy atom. The molecule has 1 aromatic carbocycles. The van der Waals surface area contributed by atoms with Gasteiger partial charge in [-0.25, -0.2) is 4.39 Å². The largest absolute Gasteiger partial charge is 0.351 e. The van der Waals surface area contributed by atoms with Gasteiger partial charge in [-0.15, -0.1) is 0 Å². The lowest BCUT2D eigenvalue weighted by Crippen LogP contribution is -2.48. The first-order chi connectivity index (χ1) is 12.2. The average Bonchev–Trinajstić information content (AvgIpc) is 2.58. The molecule has 0 saturated heterocycles. The van der Waals surface area contributed by atoms with Crippen molar-refractivity contribution in [2.75, 3.05) is 19.6 Å². The second kappa shape index (κ2) is 10.7. The lowest BCUT2D eigenvalue weighted by Gasteiger charge is -2.23. The van der Waals surface area contributed by atoms with Crippen LogP contribution in [0.3, 0.4) is 0 Å². The summed E-state index contributed by atoms with van der Waals surface area (Å²) >= 11 is 0. The number of ketones is 1. The summed E-state index contributed by atoms with van der Waals surface area (Å²) < 4.78 is 12.9. The van der Waals surface area contributed by atoms with Gasteiger partial charge in [-0.2, -0.15) is 0 Å². The average molecular weight is 365 g/mol. The van der Waals surface area contributed by atoms with E-state index in [-0.39, 0.29) is 42.4 Å². The van der Waals surface area contributed by atoms with Gasteiger partial charge in [-0.1, -0.05) is 32.9 Å². The number of carbonyl (C=O) groups is 3. The summed E-state index contributed by atoms with van der Waals surface area (Å²) in [4.78, 5) is 37.5. The van der Waals surface area contributed by atoms with Gasteiger partial charge in [0, 0.05) is 6.54 Å². The molecule has 1 rings (SSSR count). The third-order valence-electron chi connectivity index (χ3n) is 4.01. The highest BCUT2D eigenvalue weighted by Gasteiger charge is 2.22. The summed E-state index contributed by atoms with van der Waals surface area (Å²) in [6, 6.07) is 5.37. The first-order valence-corrected chi connectivity index (χ1v) is 8.76. The van der Waals surface area contributed by atoms with Crippen molar-refractivity contribution in [3.05, 3.63) is 35.6 Å². The number of nitrogens with one attached hydrogen (secondary N) is 2. The molecular formula is C19H28FN3O3. The van der Waals surface area contributed by atoms with E-state index in [1.807, 2.05) is 20.8 Å². The van der Waals surface area contributed by atoms with Crippen LogP contribution in [0.4, 0.5) is 4.39 Å². The fraction of sp³-hybridized carbons (Fsp3) is 0.526. The normalized spacial score (nSPS) is 12.1. The van der Waals surface area contributed by atoms with E-state index in [1.54, 1.807) is 17.0 Å².